The lowest BCUT2D eigenvalue weighted by Gasteiger charge is -2.10. The first-order chi connectivity index (χ1) is 4.16. The van der Waals surface area contributed by atoms with Gasteiger partial charge in [-0.05, 0) is 0 Å². The molecular formula is C6H14ClNO. The molecule has 1 atom stereocenters. The number of nitrogens with one attached hydrogen (secondary N) is 1. The molecule has 0 aromatic rings. The Hall–Kier alpha value is 0.210. The molecule has 0 saturated heterocycles. The van der Waals surface area contributed by atoms with Crippen molar-refractivity contribution in [3.05, 3.63) is 0 Å². The Labute approximate surface area is 61.2 Å². The lowest BCUT2D eigenvalue weighted by Crippen LogP contribution is -2.32. The van der Waals surface area contributed by atoms with Crippen LogP contribution < -0.4 is 5.32 Å². The molecule has 56 valence electrons. The minimum atomic E-state index is -0.408. The summed E-state index contributed by atoms with van der Waals surface area (Å²) in [7, 11) is 0. The van der Waals surface area contributed by atoms with Crippen molar-refractivity contribution in [1.29, 1.82) is 0 Å². The summed E-state index contributed by atoms with van der Waals surface area (Å²) in [6.45, 7) is 4.64. The molecule has 3 heteroatoms. The number of aliphatic hydroxyl groups is 1. The summed E-state index contributed by atoms with van der Waals surface area (Å²) in [4.78, 5) is 0. The molecular weight excluding hydrogens is 138 g/mol. The first kappa shape index (κ1) is 9.21. The van der Waals surface area contributed by atoms with Gasteiger partial charge in [-0.3, -0.25) is 0 Å². The van der Waals surface area contributed by atoms with E-state index in [0.29, 0.717) is 18.5 Å². The number of alkyl halides is 1. The van der Waals surface area contributed by atoms with Crippen molar-refractivity contribution in [2.45, 2.75) is 26.0 Å². The monoisotopic (exact) mass is 151 g/mol. The van der Waals surface area contributed by atoms with Gasteiger partial charge in [0, 0.05) is 18.5 Å². The van der Waals surface area contributed by atoms with Gasteiger partial charge in [0.15, 0.2) is 0 Å². The van der Waals surface area contributed by atoms with Gasteiger partial charge in [-0.2, -0.15) is 0 Å². The molecule has 0 radical (unpaired) electrons. The quantitative estimate of drug-likeness (QED) is 0.577. The standard InChI is InChI=1S/C6H14ClNO/c1-5(2)8-4-6(9)3-7/h5-6,8-9H,3-4H2,1-2H3. The zero-order valence-corrected chi connectivity index (χ0v) is 6.65. The summed E-state index contributed by atoms with van der Waals surface area (Å²) in [6, 6.07) is 0.419. The Morgan fingerprint density at radius 3 is 2.44 bits per heavy atom. The Morgan fingerprint density at radius 2 is 2.11 bits per heavy atom. The maximum Gasteiger partial charge on any atom is 0.0799 e. The van der Waals surface area contributed by atoms with Gasteiger partial charge in [0.05, 0.1) is 6.10 Å². The SMILES string of the molecule is CC(C)NCC(O)CCl. The summed E-state index contributed by atoms with van der Waals surface area (Å²) in [5.74, 6) is 0.305. The molecule has 1 unspecified atom stereocenters. The number of halogens is 1. The van der Waals surface area contributed by atoms with Crippen LogP contribution in [0.4, 0.5) is 0 Å². The predicted octanol–water partition coefficient (Wildman–Crippen LogP) is 0.584. The molecule has 0 aromatic carbocycles. The van der Waals surface area contributed by atoms with E-state index in [4.69, 9.17) is 16.7 Å². The fraction of sp³-hybridized carbons (Fsp3) is 1.00. The third kappa shape index (κ3) is 6.09. The topological polar surface area (TPSA) is 32.3 Å². The van der Waals surface area contributed by atoms with Crippen LogP contribution in [-0.4, -0.2) is 29.7 Å². The zero-order chi connectivity index (χ0) is 7.28. The van der Waals surface area contributed by atoms with Crippen molar-refractivity contribution in [3.8, 4) is 0 Å². The average molecular weight is 152 g/mol. The molecule has 0 fully saturated rings. The van der Waals surface area contributed by atoms with Crippen LogP contribution in [0.1, 0.15) is 13.8 Å². The van der Waals surface area contributed by atoms with Crippen LogP contribution in [0.25, 0.3) is 0 Å². The van der Waals surface area contributed by atoms with E-state index in [1.54, 1.807) is 0 Å². The fourth-order valence-corrected chi connectivity index (χ4v) is 0.535. The van der Waals surface area contributed by atoms with Crippen molar-refractivity contribution < 1.29 is 5.11 Å². The van der Waals surface area contributed by atoms with E-state index < -0.39 is 6.10 Å². The normalized spacial score (nSPS) is 14.3. The highest BCUT2D eigenvalue weighted by molar-refractivity contribution is 6.18. The maximum atomic E-state index is 8.91. The minimum absolute atomic E-state index is 0.305. The fourth-order valence-electron chi connectivity index (χ4n) is 0.426. The Kier molecular flexibility index (Phi) is 5.15. The maximum absolute atomic E-state index is 8.91. The Morgan fingerprint density at radius 1 is 1.56 bits per heavy atom. The van der Waals surface area contributed by atoms with Crippen molar-refractivity contribution in [1.82, 2.24) is 5.32 Å². The summed E-state index contributed by atoms with van der Waals surface area (Å²) in [5, 5.41) is 12.0. The second kappa shape index (κ2) is 5.03. The average Bonchev–Trinajstić information content (AvgIpc) is 1.83. The number of hydrogen-bond donors (Lipinski definition) is 2. The molecule has 9 heavy (non-hydrogen) atoms. The molecule has 0 bridgehead atoms. The summed E-state index contributed by atoms with van der Waals surface area (Å²) in [6.07, 6.45) is -0.408. The van der Waals surface area contributed by atoms with E-state index in [0.717, 1.165) is 0 Å². The second-order valence-electron chi connectivity index (χ2n) is 2.37. The first-order valence-corrected chi connectivity index (χ1v) is 3.67. The lowest BCUT2D eigenvalue weighted by atomic mass is 10.3. The number of aliphatic hydroxyl groups excluding tert-OH is 1. The van der Waals surface area contributed by atoms with E-state index in [2.05, 4.69) is 5.32 Å². The van der Waals surface area contributed by atoms with Gasteiger partial charge in [-0.25, -0.2) is 0 Å². The van der Waals surface area contributed by atoms with Crippen LogP contribution in [0.15, 0.2) is 0 Å². The van der Waals surface area contributed by atoms with Crippen LogP contribution in [-0.2, 0) is 0 Å². The highest BCUT2D eigenvalue weighted by Gasteiger charge is 2.00. The van der Waals surface area contributed by atoms with Gasteiger partial charge in [0.25, 0.3) is 0 Å². The molecule has 0 aliphatic rings. The van der Waals surface area contributed by atoms with Crippen LogP contribution in [0, 0.1) is 0 Å². The van der Waals surface area contributed by atoms with Crippen LogP contribution in [0.5, 0.6) is 0 Å². The van der Waals surface area contributed by atoms with Crippen LogP contribution >= 0.6 is 11.6 Å². The molecule has 0 aliphatic carbocycles. The molecule has 2 nitrogen and oxygen atoms in total. The summed E-state index contributed by atoms with van der Waals surface area (Å²) in [5.41, 5.74) is 0. The molecule has 0 saturated carbocycles. The summed E-state index contributed by atoms with van der Waals surface area (Å²) >= 11 is 5.35. The van der Waals surface area contributed by atoms with Gasteiger partial charge in [0.1, 0.15) is 0 Å². The second-order valence-corrected chi connectivity index (χ2v) is 2.68. The molecule has 2 N–H and O–H groups in total. The number of hydrogen-bond acceptors (Lipinski definition) is 2. The van der Waals surface area contributed by atoms with Gasteiger partial charge in [-0.1, -0.05) is 13.8 Å². The van der Waals surface area contributed by atoms with Crippen molar-refractivity contribution in [3.63, 3.8) is 0 Å². The van der Waals surface area contributed by atoms with E-state index >= 15 is 0 Å². The van der Waals surface area contributed by atoms with Gasteiger partial charge < -0.3 is 10.4 Å². The van der Waals surface area contributed by atoms with Crippen LogP contribution in [0.3, 0.4) is 0 Å². The van der Waals surface area contributed by atoms with Crippen molar-refractivity contribution >= 4 is 11.6 Å². The first-order valence-electron chi connectivity index (χ1n) is 3.14. The van der Waals surface area contributed by atoms with E-state index in [9.17, 15) is 0 Å². The lowest BCUT2D eigenvalue weighted by molar-refractivity contribution is 0.191. The smallest absolute Gasteiger partial charge is 0.0799 e. The highest BCUT2D eigenvalue weighted by atomic mass is 35.5. The molecule has 0 aromatic heterocycles. The van der Waals surface area contributed by atoms with Gasteiger partial charge in [0.2, 0.25) is 0 Å². The Balaban J connectivity index is 3.06. The number of rotatable bonds is 4. The molecule has 0 amide bonds. The minimum Gasteiger partial charge on any atom is -0.391 e. The Bertz CT molecular complexity index is 68.1. The third-order valence-electron chi connectivity index (χ3n) is 0.940. The zero-order valence-electron chi connectivity index (χ0n) is 5.89. The molecule has 0 spiro atoms. The van der Waals surface area contributed by atoms with E-state index in [-0.39, 0.29) is 0 Å². The van der Waals surface area contributed by atoms with E-state index in [1.807, 2.05) is 13.8 Å². The highest BCUT2D eigenvalue weighted by Crippen LogP contribution is 1.85. The van der Waals surface area contributed by atoms with Crippen LogP contribution in [0.2, 0.25) is 0 Å². The summed E-state index contributed by atoms with van der Waals surface area (Å²) < 4.78 is 0. The molecule has 0 rings (SSSR count). The van der Waals surface area contributed by atoms with Crippen molar-refractivity contribution in [2.75, 3.05) is 12.4 Å². The predicted molar refractivity (Wildman–Crippen MR) is 39.9 cm³/mol. The third-order valence-corrected chi connectivity index (χ3v) is 1.30. The molecule has 0 heterocycles. The van der Waals surface area contributed by atoms with Gasteiger partial charge >= 0.3 is 0 Å². The molecule has 0 aliphatic heterocycles. The van der Waals surface area contributed by atoms with Gasteiger partial charge in [-0.15, -0.1) is 11.6 Å². The van der Waals surface area contributed by atoms with Crippen molar-refractivity contribution in [2.24, 2.45) is 0 Å². The van der Waals surface area contributed by atoms with E-state index in [1.165, 1.54) is 0 Å². The largest absolute Gasteiger partial charge is 0.391 e.